The number of amides is 3. The first kappa shape index (κ1) is 23.3. The molecule has 9 nitrogen and oxygen atoms in total. The third-order valence-electron chi connectivity index (χ3n) is 6.46. The Balaban J connectivity index is 1.43. The molecule has 0 saturated carbocycles. The minimum absolute atomic E-state index is 0.0925. The highest BCUT2D eigenvalue weighted by Crippen LogP contribution is 2.44. The van der Waals surface area contributed by atoms with E-state index in [0.29, 0.717) is 0 Å². The molecule has 1 saturated heterocycles. The van der Waals surface area contributed by atoms with Crippen molar-refractivity contribution in [2.75, 3.05) is 26.7 Å². The van der Waals surface area contributed by atoms with Gasteiger partial charge in [-0.2, -0.15) is 0 Å². The van der Waals surface area contributed by atoms with E-state index < -0.39 is 30.1 Å². The number of nitrogens with zero attached hydrogens (tertiary/aromatic N) is 2. The van der Waals surface area contributed by atoms with Crippen LogP contribution in [0.25, 0.3) is 11.1 Å². The monoisotopic (exact) mass is 465 g/mol. The lowest BCUT2D eigenvalue weighted by atomic mass is 9.98. The van der Waals surface area contributed by atoms with Gasteiger partial charge in [0.05, 0.1) is 6.54 Å². The number of fused-ring (bicyclic) bond motifs is 3. The standard InChI is InChI=1S/C25H27N3O6/c1-3-20(23(30)28-13-22(29)27(2)12-21(28)24(31)32)26-25(33)34-14-19-17-10-6-4-8-15(17)16-9-5-7-11-18(16)19/h4-11,19-21H,3,12-14H2,1-2H3,(H,26,33)(H,31,32)/t20-,21?/m0/s1. The molecule has 9 heteroatoms. The van der Waals surface area contributed by atoms with E-state index in [9.17, 15) is 24.3 Å². The largest absolute Gasteiger partial charge is 0.480 e. The summed E-state index contributed by atoms with van der Waals surface area (Å²) in [5, 5.41) is 12.1. The summed E-state index contributed by atoms with van der Waals surface area (Å²) in [6.07, 6.45) is -0.551. The van der Waals surface area contributed by atoms with Gasteiger partial charge in [-0.3, -0.25) is 9.59 Å². The van der Waals surface area contributed by atoms with Crippen molar-refractivity contribution in [3.8, 4) is 11.1 Å². The number of carboxylic acid groups (broad SMARTS) is 1. The number of benzene rings is 2. The molecule has 1 heterocycles. The van der Waals surface area contributed by atoms with Crippen molar-refractivity contribution in [2.24, 2.45) is 0 Å². The summed E-state index contributed by atoms with van der Waals surface area (Å²) in [7, 11) is 1.49. The molecule has 2 aromatic rings. The molecule has 3 amide bonds. The van der Waals surface area contributed by atoms with Crippen molar-refractivity contribution in [3.63, 3.8) is 0 Å². The lowest BCUT2D eigenvalue weighted by Gasteiger charge is -2.38. The number of aliphatic carboxylic acids is 1. The molecule has 0 radical (unpaired) electrons. The molecular formula is C25H27N3O6. The van der Waals surface area contributed by atoms with Crippen LogP contribution in [0.2, 0.25) is 0 Å². The fourth-order valence-corrected chi connectivity index (χ4v) is 4.60. The molecule has 34 heavy (non-hydrogen) atoms. The number of alkyl carbamates (subject to hydrolysis) is 1. The number of ether oxygens (including phenoxy) is 1. The Morgan fingerprint density at radius 2 is 1.68 bits per heavy atom. The van der Waals surface area contributed by atoms with Crippen molar-refractivity contribution in [1.82, 2.24) is 15.1 Å². The summed E-state index contributed by atoms with van der Waals surface area (Å²) in [5.41, 5.74) is 4.35. The van der Waals surface area contributed by atoms with Crippen molar-refractivity contribution >= 4 is 23.9 Å². The average Bonchev–Trinajstić information content (AvgIpc) is 3.15. The molecule has 1 fully saturated rings. The van der Waals surface area contributed by atoms with Gasteiger partial charge in [0.25, 0.3) is 0 Å². The zero-order chi connectivity index (χ0) is 24.4. The Morgan fingerprint density at radius 3 is 2.24 bits per heavy atom. The Labute approximate surface area is 197 Å². The lowest BCUT2D eigenvalue weighted by molar-refractivity contribution is -0.159. The highest BCUT2D eigenvalue weighted by Gasteiger charge is 2.40. The summed E-state index contributed by atoms with van der Waals surface area (Å²) >= 11 is 0. The smallest absolute Gasteiger partial charge is 0.407 e. The Bertz CT molecular complexity index is 1090. The molecule has 1 unspecified atom stereocenters. The number of carbonyl (C=O) groups is 4. The SMILES string of the molecule is CC[C@H](NC(=O)OCC1c2ccccc2-c2ccccc21)C(=O)N1CC(=O)N(C)CC1C(=O)O. The predicted molar refractivity (Wildman–Crippen MR) is 123 cm³/mol. The molecule has 2 aromatic carbocycles. The Hall–Kier alpha value is -3.88. The number of piperazine rings is 1. The van der Waals surface area contributed by atoms with Gasteiger partial charge in [0, 0.05) is 13.0 Å². The van der Waals surface area contributed by atoms with Crippen LogP contribution in [0, 0.1) is 0 Å². The van der Waals surface area contributed by atoms with Crippen LogP contribution in [0.15, 0.2) is 48.5 Å². The van der Waals surface area contributed by atoms with Gasteiger partial charge in [0.15, 0.2) is 0 Å². The first-order chi connectivity index (χ1) is 16.3. The normalized spacial score (nSPS) is 18.2. The van der Waals surface area contributed by atoms with Crippen molar-refractivity contribution < 1.29 is 29.0 Å². The highest BCUT2D eigenvalue weighted by atomic mass is 16.5. The van der Waals surface area contributed by atoms with E-state index in [4.69, 9.17) is 4.74 Å². The van der Waals surface area contributed by atoms with E-state index in [1.54, 1.807) is 6.92 Å². The van der Waals surface area contributed by atoms with Crippen LogP contribution >= 0.6 is 0 Å². The van der Waals surface area contributed by atoms with Gasteiger partial charge in [-0.15, -0.1) is 0 Å². The van der Waals surface area contributed by atoms with Gasteiger partial charge >= 0.3 is 12.1 Å². The summed E-state index contributed by atoms with van der Waals surface area (Å²) < 4.78 is 5.51. The van der Waals surface area contributed by atoms with Crippen LogP contribution < -0.4 is 5.32 Å². The Kier molecular flexibility index (Phi) is 6.54. The van der Waals surface area contributed by atoms with Crippen LogP contribution in [-0.4, -0.2) is 77.6 Å². The molecule has 1 aliphatic heterocycles. The van der Waals surface area contributed by atoms with E-state index >= 15 is 0 Å². The number of rotatable bonds is 6. The van der Waals surface area contributed by atoms with E-state index in [-0.39, 0.29) is 37.9 Å². The third kappa shape index (κ3) is 4.33. The lowest BCUT2D eigenvalue weighted by Crippen LogP contribution is -2.63. The maximum absolute atomic E-state index is 13.0. The highest BCUT2D eigenvalue weighted by molar-refractivity contribution is 5.94. The van der Waals surface area contributed by atoms with Gasteiger partial charge in [-0.1, -0.05) is 55.5 Å². The van der Waals surface area contributed by atoms with Gasteiger partial charge in [0.2, 0.25) is 11.8 Å². The molecule has 0 aromatic heterocycles. The fraction of sp³-hybridized carbons (Fsp3) is 0.360. The summed E-state index contributed by atoms with van der Waals surface area (Å²) in [6.45, 7) is 1.33. The third-order valence-corrected chi connectivity index (χ3v) is 6.46. The molecule has 4 rings (SSSR count). The molecule has 2 aliphatic rings. The second-order valence-corrected chi connectivity index (χ2v) is 8.53. The summed E-state index contributed by atoms with van der Waals surface area (Å²) in [6, 6.07) is 13.7. The molecule has 0 spiro atoms. The molecule has 178 valence electrons. The predicted octanol–water partition coefficient (Wildman–Crippen LogP) is 2.06. The van der Waals surface area contributed by atoms with Crippen LogP contribution in [0.3, 0.4) is 0 Å². The number of hydrogen-bond donors (Lipinski definition) is 2. The van der Waals surface area contributed by atoms with Gasteiger partial charge in [0.1, 0.15) is 25.2 Å². The average molecular weight is 466 g/mol. The van der Waals surface area contributed by atoms with Crippen LogP contribution in [0.4, 0.5) is 4.79 Å². The van der Waals surface area contributed by atoms with Crippen molar-refractivity contribution in [1.29, 1.82) is 0 Å². The number of carbonyl (C=O) groups excluding carboxylic acids is 3. The Morgan fingerprint density at radius 1 is 1.09 bits per heavy atom. The van der Waals surface area contributed by atoms with E-state index in [2.05, 4.69) is 5.32 Å². The molecule has 0 bridgehead atoms. The number of carboxylic acids is 1. The zero-order valence-electron chi connectivity index (χ0n) is 19.1. The summed E-state index contributed by atoms with van der Waals surface area (Å²) in [5.74, 6) is -2.31. The van der Waals surface area contributed by atoms with E-state index in [1.807, 2.05) is 48.5 Å². The second kappa shape index (κ2) is 9.54. The topological polar surface area (TPSA) is 116 Å². The fourth-order valence-electron chi connectivity index (χ4n) is 4.60. The first-order valence-corrected chi connectivity index (χ1v) is 11.2. The number of hydrogen-bond acceptors (Lipinski definition) is 5. The zero-order valence-corrected chi connectivity index (χ0v) is 19.1. The van der Waals surface area contributed by atoms with Crippen LogP contribution in [0.5, 0.6) is 0 Å². The van der Waals surface area contributed by atoms with Crippen LogP contribution in [-0.2, 0) is 19.1 Å². The number of nitrogens with one attached hydrogen (secondary N) is 1. The maximum atomic E-state index is 13.0. The first-order valence-electron chi connectivity index (χ1n) is 11.2. The van der Waals surface area contributed by atoms with Crippen molar-refractivity contribution in [3.05, 3.63) is 59.7 Å². The van der Waals surface area contributed by atoms with E-state index in [1.165, 1.54) is 11.9 Å². The molecule has 1 aliphatic carbocycles. The van der Waals surface area contributed by atoms with Gasteiger partial charge < -0.3 is 25.0 Å². The molecule has 2 atom stereocenters. The second-order valence-electron chi connectivity index (χ2n) is 8.53. The maximum Gasteiger partial charge on any atom is 0.407 e. The molecular weight excluding hydrogens is 438 g/mol. The quantitative estimate of drug-likeness (QED) is 0.675. The minimum atomic E-state index is -1.20. The van der Waals surface area contributed by atoms with Crippen molar-refractivity contribution in [2.45, 2.75) is 31.3 Å². The van der Waals surface area contributed by atoms with Gasteiger partial charge in [-0.25, -0.2) is 9.59 Å². The molecule has 2 N–H and O–H groups in total. The minimum Gasteiger partial charge on any atom is -0.480 e. The van der Waals surface area contributed by atoms with E-state index in [0.717, 1.165) is 27.2 Å². The number of likely N-dealkylation sites (N-methyl/N-ethyl adjacent to an activating group) is 1. The van der Waals surface area contributed by atoms with Gasteiger partial charge in [-0.05, 0) is 28.7 Å². The van der Waals surface area contributed by atoms with Crippen LogP contribution in [0.1, 0.15) is 30.4 Å². The summed E-state index contributed by atoms with van der Waals surface area (Å²) in [4.78, 5) is 51.7.